The average Bonchev–Trinajstić information content (AvgIpc) is 2.96. The molecule has 1 atom stereocenters. The number of rotatable bonds is 7. The van der Waals surface area contributed by atoms with Crippen LogP contribution >= 0.6 is 0 Å². The van der Waals surface area contributed by atoms with Gasteiger partial charge in [-0.25, -0.2) is 0 Å². The van der Waals surface area contributed by atoms with Gasteiger partial charge in [-0.1, -0.05) is 6.92 Å². The Morgan fingerprint density at radius 2 is 2.32 bits per heavy atom. The van der Waals surface area contributed by atoms with E-state index < -0.39 is 0 Å². The lowest BCUT2D eigenvalue weighted by molar-refractivity contribution is 0.0674. The highest BCUT2D eigenvalue weighted by atomic mass is 16.5. The van der Waals surface area contributed by atoms with Crippen LogP contribution in [0, 0.1) is 0 Å². The zero-order valence-electron chi connectivity index (χ0n) is 11.3. The number of carbonyl (C=O) groups is 1. The summed E-state index contributed by atoms with van der Waals surface area (Å²) >= 11 is 0. The third-order valence-electron chi connectivity index (χ3n) is 3.03. The Kier molecular flexibility index (Phi) is 5.21. The third kappa shape index (κ3) is 3.96. The van der Waals surface area contributed by atoms with E-state index in [0.717, 1.165) is 37.9 Å². The molecule has 1 aliphatic heterocycles. The summed E-state index contributed by atoms with van der Waals surface area (Å²) in [6.45, 7) is 3.99. The van der Waals surface area contributed by atoms with Crippen molar-refractivity contribution in [1.82, 2.24) is 0 Å². The molecule has 0 radical (unpaired) electrons. The fraction of sp³-hybridized carbons (Fsp3) is 0.533. The maximum Gasteiger partial charge on any atom is 0.153 e. The molecule has 1 aliphatic rings. The van der Waals surface area contributed by atoms with Crippen molar-refractivity contribution in [2.24, 2.45) is 0 Å². The van der Waals surface area contributed by atoms with Crippen molar-refractivity contribution >= 4 is 6.29 Å². The summed E-state index contributed by atoms with van der Waals surface area (Å²) in [6, 6.07) is 5.29. The van der Waals surface area contributed by atoms with Crippen LogP contribution in [0.15, 0.2) is 18.2 Å². The summed E-state index contributed by atoms with van der Waals surface area (Å²) in [6.07, 6.45) is 3.98. The molecule has 1 aromatic rings. The second-order valence-corrected chi connectivity index (χ2v) is 4.61. The van der Waals surface area contributed by atoms with E-state index in [9.17, 15) is 4.79 Å². The van der Waals surface area contributed by atoms with E-state index in [1.54, 1.807) is 18.2 Å². The van der Waals surface area contributed by atoms with Crippen LogP contribution in [0.25, 0.3) is 0 Å². The minimum absolute atomic E-state index is 0.139. The van der Waals surface area contributed by atoms with Gasteiger partial charge in [0.25, 0.3) is 0 Å². The van der Waals surface area contributed by atoms with Gasteiger partial charge < -0.3 is 14.2 Å². The Bertz CT molecular complexity index is 411. The van der Waals surface area contributed by atoms with Gasteiger partial charge in [0.1, 0.15) is 18.1 Å². The fourth-order valence-electron chi connectivity index (χ4n) is 2.01. The molecule has 0 spiro atoms. The minimum Gasteiger partial charge on any atom is -0.493 e. The van der Waals surface area contributed by atoms with E-state index in [2.05, 4.69) is 6.92 Å². The molecule has 0 aliphatic carbocycles. The van der Waals surface area contributed by atoms with Crippen molar-refractivity contribution in [2.45, 2.75) is 32.3 Å². The predicted octanol–water partition coefficient (Wildman–Crippen LogP) is 2.85. The second-order valence-electron chi connectivity index (χ2n) is 4.61. The number of ether oxygens (including phenoxy) is 3. The third-order valence-corrected chi connectivity index (χ3v) is 3.03. The molecule has 19 heavy (non-hydrogen) atoms. The molecule has 1 fully saturated rings. The monoisotopic (exact) mass is 264 g/mol. The van der Waals surface area contributed by atoms with Gasteiger partial charge in [-0.3, -0.25) is 4.79 Å². The summed E-state index contributed by atoms with van der Waals surface area (Å²) in [4.78, 5) is 11.0. The summed E-state index contributed by atoms with van der Waals surface area (Å²) < 4.78 is 16.7. The van der Waals surface area contributed by atoms with Crippen LogP contribution in [-0.4, -0.2) is 32.2 Å². The van der Waals surface area contributed by atoms with E-state index in [1.165, 1.54) is 0 Å². The van der Waals surface area contributed by atoms with E-state index in [4.69, 9.17) is 14.2 Å². The first-order valence-electron chi connectivity index (χ1n) is 6.80. The van der Waals surface area contributed by atoms with Crippen LogP contribution in [0.5, 0.6) is 11.5 Å². The Labute approximate surface area is 113 Å². The van der Waals surface area contributed by atoms with Crippen LogP contribution in [0.4, 0.5) is 0 Å². The SMILES string of the molecule is CCCOc1ccc(C=O)c(OCC2CCCO2)c1. The molecular weight excluding hydrogens is 244 g/mol. The largest absolute Gasteiger partial charge is 0.493 e. The number of hydrogen-bond acceptors (Lipinski definition) is 4. The number of carbonyl (C=O) groups excluding carboxylic acids is 1. The summed E-state index contributed by atoms with van der Waals surface area (Å²) in [5, 5.41) is 0. The first-order valence-corrected chi connectivity index (χ1v) is 6.80. The highest BCUT2D eigenvalue weighted by Crippen LogP contribution is 2.25. The molecule has 0 aromatic heterocycles. The standard InChI is InChI=1S/C15H20O4/c1-2-7-17-13-6-5-12(10-16)15(9-13)19-11-14-4-3-8-18-14/h5-6,9-10,14H,2-4,7-8,11H2,1H3. The zero-order chi connectivity index (χ0) is 13.5. The second kappa shape index (κ2) is 7.14. The topological polar surface area (TPSA) is 44.8 Å². The van der Waals surface area contributed by atoms with Crippen LogP contribution in [-0.2, 0) is 4.74 Å². The first-order chi connectivity index (χ1) is 9.33. The van der Waals surface area contributed by atoms with Gasteiger partial charge in [0.2, 0.25) is 0 Å². The number of hydrogen-bond donors (Lipinski definition) is 0. The molecule has 0 saturated carbocycles. The molecule has 0 amide bonds. The maximum absolute atomic E-state index is 11.0. The normalized spacial score (nSPS) is 18.3. The van der Waals surface area contributed by atoms with E-state index in [1.807, 2.05) is 0 Å². The van der Waals surface area contributed by atoms with Crippen molar-refractivity contribution < 1.29 is 19.0 Å². The smallest absolute Gasteiger partial charge is 0.153 e. The highest BCUT2D eigenvalue weighted by molar-refractivity contribution is 5.79. The fourth-order valence-corrected chi connectivity index (χ4v) is 2.01. The molecular formula is C15H20O4. The van der Waals surface area contributed by atoms with Gasteiger partial charge >= 0.3 is 0 Å². The van der Waals surface area contributed by atoms with Gasteiger partial charge in [0, 0.05) is 12.7 Å². The van der Waals surface area contributed by atoms with Gasteiger partial charge in [-0.05, 0) is 31.4 Å². The molecule has 1 saturated heterocycles. The van der Waals surface area contributed by atoms with Crippen molar-refractivity contribution in [3.8, 4) is 11.5 Å². The Balaban J connectivity index is 2.00. The maximum atomic E-state index is 11.0. The first kappa shape index (κ1) is 13.9. The van der Waals surface area contributed by atoms with Crippen molar-refractivity contribution in [3.05, 3.63) is 23.8 Å². The summed E-state index contributed by atoms with van der Waals surface area (Å²) in [5.41, 5.74) is 0.543. The van der Waals surface area contributed by atoms with Crippen LogP contribution < -0.4 is 9.47 Å². The Morgan fingerprint density at radius 1 is 1.42 bits per heavy atom. The van der Waals surface area contributed by atoms with Crippen molar-refractivity contribution in [2.75, 3.05) is 19.8 Å². The highest BCUT2D eigenvalue weighted by Gasteiger charge is 2.17. The Morgan fingerprint density at radius 3 is 3.00 bits per heavy atom. The molecule has 0 bridgehead atoms. The van der Waals surface area contributed by atoms with Crippen LogP contribution in [0.2, 0.25) is 0 Å². The minimum atomic E-state index is 0.139. The molecule has 1 unspecified atom stereocenters. The predicted molar refractivity (Wildman–Crippen MR) is 72.1 cm³/mol. The van der Waals surface area contributed by atoms with Gasteiger partial charge in [0.15, 0.2) is 6.29 Å². The lowest BCUT2D eigenvalue weighted by Crippen LogP contribution is -2.16. The summed E-state index contributed by atoms with van der Waals surface area (Å²) in [7, 11) is 0. The number of benzene rings is 1. The lowest BCUT2D eigenvalue weighted by atomic mass is 10.2. The molecule has 4 heteroatoms. The van der Waals surface area contributed by atoms with E-state index in [-0.39, 0.29) is 6.10 Å². The molecule has 2 rings (SSSR count). The molecule has 4 nitrogen and oxygen atoms in total. The molecule has 0 N–H and O–H groups in total. The van der Waals surface area contributed by atoms with E-state index in [0.29, 0.717) is 24.5 Å². The van der Waals surface area contributed by atoms with Crippen molar-refractivity contribution in [3.63, 3.8) is 0 Å². The zero-order valence-corrected chi connectivity index (χ0v) is 11.3. The van der Waals surface area contributed by atoms with Crippen molar-refractivity contribution in [1.29, 1.82) is 0 Å². The van der Waals surface area contributed by atoms with Gasteiger partial charge in [-0.15, -0.1) is 0 Å². The van der Waals surface area contributed by atoms with Gasteiger partial charge in [-0.2, -0.15) is 0 Å². The van der Waals surface area contributed by atoms with Gasteiger partial charge in [0.05, 0.1) is 18.3 Å². The van der Waals surface area contributed by atoms with Crippen LogP contribution in [0.1, 0.15) is 36.5 Å². The lowest BCUT2D eigenvalue weighted by Gasteiger charge is -2.14. The summed E-state index contributed by atoms with van der Waals surface area (Å²) in [5.74, 6) is 1.30. The quantitative estimate of drug-likeness (QED) is 0.710. The van der Waals surface area contributed by atoms with Crippen LogP contribution in [0.3, 0.4) is 0 Å². The Hall–Kier alpha value is -1.55. The molecule has 1 heterocycles. The average molecular weight is 264 g/mol. The van der Waals surface area contributed by atoms with E-state index >= 15 is 0 Å². The number of aldehydes is 1. The molecule has 1 aromatic carbocycles. The molecule has 104 valence electrons.